The van der Waals surface area contributed by atoms with E-state index in [1.54, 1.807) is 6.07 Å². The highest BCUT2D eigenvalue weighted by Gasteiger charge is 2.29. The zero-order chi connectivity index (χ0) is 13.0. The van der Waals surface area contributed by atoms with E-state index in [0.717, 1.165) is 0 Å². The molecule has 1 aromatic rings. The SMILES string of the molecule is N#Cc1cnc(NCC2(O)CCOCC2)c(N)c1. The van der Waals surface area contributed by atoms with Gasteiger partial charge in [0.2, 0.25) is 0 Å². The average Bonchev–Trinajstić information content (AvgIpc) is 2.38. The molecule has 0 atom stereocenters. The van der Waals surface area contributed by atoms with Crippen molar-refractivity contribution < 1.29 is 9.84 Å². The van der Waals surface area contributed by atoms with Crippen LogP contribution in [-0.2, 0) is 4.74 Å². The van der Waals surface area contributed by atoms with Gasteiger partial charge in [-0.1, -0.05) is 0 Å². The van der Waals surface area contributed by atoms with Crippen LogP contribution in [0.5, 0.6) is 0 Å². The number of rotatable bonds is 3. The molecule has 1 aliphatic rings. The minimum Gasteiger partial charge on any atom is -0.396 e. The molecule has 1 aromatic heterocycles. The number of ether oxygens (including phenoxy) is 1. The Hall–Kier alpha value is -1.84. The van der Waals surface area contributed by atoms with Crippen molar-refractivity contribution in [3.8, 4) is 6.07 Å². The predicted molar refractivity (Wildman–Crippen MR) is 66.9 cm³/mol. The smallest absolute Gasteiger partial charge is 0.149 e. The Morgan fingerprint density at radius 2 is 2.28 bits per heavy atom. The number of nitrogen functional groups attached to an aromatic ring is 1. The zero-order valence-electron chi connectivity index (χ0n) is 10.0. The fourth-order valence-corrected chi connectivity index (χ4v) is 1.87. The van der Waals surface area contributed by atoms with E-state index in [1.165, 1.54) is 6.20 Å². The number of hydrogen-bond donors (Lipinski definition) is 3. The van der Waals surface area contributed by atoms with Gasteiger partial charge in [0.1, 0.15) is 11.9 Å². The Morgan fingerprint density at radius 1 is 1.56 bits per heavy atom. The maximum atomic E-state index is 10.3. The Labute approximate surface area is 105 Å². The second-order valence-electron chi connectivity index (χ2n) is 4.46. The molecule has 1 aliphatic heterocycles. The molecule has 0 spiro atoms. The second-order valence-corrected chi connectivity index (χ2v) is 4.46. The van der Waals surface area contributed by atoms with Crippen LogP contribution in [0.1, 0.15) is 18.4 Å². The van der Waals surface area contributed by atoms with Crippen molar-refractivity contribution in [1.29, 1.82) is 5.26 Å². The fourth-order valence-electron chi connectivity index (χ4n) is 1.87. The summed E-state index contributed by atoms with van der Waals surface area (Å²) in [6.07, 6.45) is 2.64. The first-order valence-electron chi connectivity index (χ1n) is 5.83. The van der Waals surface area contributed by atoms with E-state index in [-0.39, 0.29) is 0 Å². The van der Waals surface area contributed by atoms with Crippen molar-refractivity contribution in [2.75, 3.05) is 30.8 Å². The van der Waals surface area contributed by atoms with Crippen molar-refractivity contribution >= 4 is 11.5 Å². The van der Waals surface area contributed by atoms with E-state index in [0.29, 0.717) is 49.7 Å². The standard InChI is InChI=1S/C12H16N4O2/c13-6-9-5-10(14)11(15-7-9)16-8-12(17)1-3-18-4-2-12/h5,7,17H,1-4,8,14H2,(H,15,16). The summed E-state index contributed by atoms with van der Waals surface area (Å²) in [7, 11) is 0. The van der Waals surface area contributed by atoms with Gasteiger partial charge >= 0.3 is 0 Å². The molecule has 0 radical (unpaired) electrons. The highest BCUT2D eigenvalue weighted by atomic mass is 16.5. The number of nitrogens with zero attached hydrogens (tertiary/aromatic N) is 2. The number of hydrogen-bond acceptors (Lipinski definition) is 6. The predicted octanol–water partition coefficient (Wildman–Crippen LogP) is 0.489. The molecule has 6 heteroatoms. The van der Waals surface area contributed by atoms with Gasteiger partial charge in [0, 0.05) is 38.8 Å². The van der Waals surface area contributed by atoms with Crippen LogP contribution < -0.4 is 11.1 Å². The van der Waals surface area contributed by atoms with Gasteiger partial charge in [0.05, 0.1) is 16.9 Å². The molecule has 2 rings (SSSR count). The second kappa shape index (κ2) is 5.21. The monoisotopic (exact) mass is 248 g/mol. The van der Waals surface area contributed by atoms with E-state index in [2.05, 4.69) is 10.3 Å². The van der Waals surface area contributed by atoms with Gasteiger partial charge in [-0.25, -0.2) is 4.98 Å². The Bertz CT molecular complexity index is 464. The number of nitrogens with one attached hydrogen (secondary N) is 1. The van der Waals surface area contributed by atoms with E-state index in [1.807, 2.05) is 6.07 Å². The van der Waals surface area contributed by atoms with Gasteiger partial charge in [-0.05, 0) is 6.07 Å². The number of nitrogens with two attached hydrogens (primary N) is 1. The summed E-state index contributed by atoms with van der Waals surface area (Å²) in [6, 6.07) is 3.53. The van der Waals surface area contributed by atoms with Gasteiger partial charge in [-0.3, -0.25) is 0 Å². The summed E-state index contributed by atoms with van der Waals surface area (Å²) < 4.78 is 5.21. The molecule has 0 amide bonds. The fraction of sp³-hybridized carbons (Fsp3) is 0.500. The average molecular weight is 248 g/mol. The van der Waals surface area contributed by atoms with Crippen LogP contribution in [0, 0.1) is 11.3 Å². The first kappa shape index (κ1) is 12.6. The summed E-state index contributed by atoms with van der Waals surface area (Å²) in [6.45, 7) is 1.50. The molecule has 96 valence electrons. The summed E-state index contributed by atoms with van der Waals surface area (Å²) in [5.74, 6) is 0.494. The highest BCUT2D eigenvalue weighted by molar-refractivity contribution is 5.63. The molecule has 0 unspecified atom stereocenters. The van der Waals surface area contributed by atoms with Crippen LogP contribution >= 0.6 is 0 Å². The van der Waals surface area contributed by atoms with Crippen LogP contribution in [0.15, 0.2) is 12.3 Å². The molecule has 6 nitrogen and oxygen atoms in total. The van der Waals surface area contributed by atoms with Crippen LogP contribution in [0.4, 0.5) is 11.5 Å². The Morgan fingerprint density at radius 3 is 2.89 bits per heavy atom. The molecule has 2 heterocycles. The molecule has 0 bridgehead atoms. The van der Waals surface area contributed by atoms with E-state index >= 15 is 0 Å². The normalized spacial score (nSPS) is 18.0. The van der Waals surface area contributed by atoms with Crippen molar-refractivity contribution in [3.05, 3.63) is 17.8 Å². The molecule has 0 aromatic carbocycles. The molecule has 1 fully saturated rings. The third-order valence-corrected chi connectivity index (χ3v) is 3.05. The lowest BCUT2D eigenvalue weighted by Crippen LogP contribution is -2.42. The third kappa shape index (κ3) is 2.88. The van der Waals surface area contributed by atoms with Gasteiger partial charge in [0.25, 0.3) is 0 Å². The topological polar surface area (TPSA) is 104 Å². The molecular weight excluding hydrogens is 232 g/mol. The molecular formula is C12H16N4O2. The lowest BCUT2D eigenvalue weighted by atomic mass is 9.94. The van der Waals surface area contributed by atoms with Crippen LogP contribution in [0.2, 0.25) is 0 Å². The quantitative estimate of drug-likeness (QED) is 0.719. The maximum absolute atomic E-state index is 10.3. The Balaban J connectivity index is 2.00. The van der Waals surface area contributed by atoms with Crippen molar-refractivity contribution in [2.45, 2.75) is 18.4 Å². The lowest BCUT2D eigenvalue weighted by Gasteiger charge is -2.32. The molecule has 4 N–H and O–H groups in total. The number of anilines is 2. The lowest BCUT2D eigenvalue weighted by molar-refractivity contribution is -0.0543. The van der Waals surface area contributed by atoms with Crippen LogP contribution in [-0.4, -0.2) is 35.5 Å². The molecule has 18 heavy (non-hydrogen) atoms. The van der Waals surface area contributed by atoms with Gasteiger partial charge < -0.3 is 20.9 Å². The first-order chi connectivity index (χ1) is 8.63. The van der Waals surface area contributed by atoms with Crippen molar-refractivity contribution in [3.63, 3.8) is 0 Å². The number of aromatic nitrogens is 1. The van der Waals surface area contributed by atoms with Gasteiger partial charge in [0.15, 0.2) is 0 Å². The zero-order valence-corrected chi connectivity index (χ0v) is 10.0. The number of aliphatic hydroxyl groups is 1. The van der Waals surface area contributed by atoms with Gasteiger partial charge in [-0.15, -0.1) is 0 Å². The highest BCUT2D eigenvalue weighted by Crippen LogP contribution is 2.22. The van der Waals surface area contributed by atoms with Crippen molar-refractivity contribution in [1.82, 2.24) is 4.98 Å². The third-order valence-electron chi connectivity index (χ3n) is 3.05. The minimum absolute atomic E-state index is 0.374. The minimum atomic E-state index is -0.778. The van der Waals surface area contributed by atoms with Crippen molar-refractivity contribution in [2.24, 2.45) is 0 Å². The summed E-state index contributed by atoms with van der Waals surface area (Å²) in [5, 5.41) is 22.0. The summed E-state index contributed by atoms with van der Waals surface area (Å²) >= 11 is 0. The van der Waals surface area contributed by atoms with Gasteiger partial charge in [-0.2, -0.15) is 5.26 Å². The van der Waals surface area contributed by atoms with E-state index in [9.17, 15) is 5.11 Å². The summed E-state index contributed by atoms with van der Waals surface area (Å²) in [4.78, 5) is 4.06. The molecule has 0 saturated carbocycles. The van der Waals surface area contributed by atoms with Crippen LogP contribution in [0.3, 0.4) is 0 Å². The first-order valence-corrected chi connectivity index (χ1v) is 5.83. The number of nitriles is 1. The maximum Gasteiger partial charge on any atom is 0.149 e. The molecule has 0 aliphatic carbocycles. The molecule has 1 saturated heterocycles. The van der Waals surface area contributed by atoms with E-state index < -0.39 is 5.60 Å². The largest absolute Gasteiger partial charge is 0.396 e. The summed E-state index contributed by atoms with van der Waals surface area (Å²) in [5.41, 5.74) is 5.82. The van der Waals surface area contributed by atoms with E-state index in [4.69, 9.17) is 15.7 Å². The van der Waals surface area contributed by atoms with Crippen LogP contribution in [0.25, 0.3) is 0 Å². The Kier molecular flexibility index (Phi) is 3.65. The number of pyridine rings is 1.